The van der Waals surface area contributed by atoms with Crippen LogP contribution in [0.2, 0.25) is 0 Å². The van der Waals surface area contributed by atoms with Crippen LogP contribution in [0.5, 0.6) is 0 Å². The van der Waals surface area contributed by atoms with E-state index in [0.717, 1.165) is 15.3 Å². The molecule has 0 aliphatic heterocycles. The third-order valence-corrected chi connectivity index (χ3v) is 5.33. The number of aromatic nitrogens is 2. The van der Waals surface area contributed by atoms with Gasteiger partial charge in [0.25, 0.3) is 0 Å². The Morgan fingerprint density at radius 1 is 1.46 bits per heavy atom. The summed E-state index contributed by atoms with van der Waals surface area (Å²) in [7, 11) is 0. The molecule has 1 amide bonds. The summed E-state index contributed by atoms with van der Waals surface area (Å²) in [6, 6.07) is 10.0. The van der Waals surface area contributed by atoms with Gasteiger partial charge in [0.05, 0.1) is 11.8 Å². The fourth-order valence-electron chi connectivity index (χ4n) is 1.95. The van der Waals surface area contributed by atoms with E-state index in [-0.39, 0.29) is 17.6 Å². The van der Waals surface area contributed by atoms with E-state index in [2.05, 4.69) is 32.3 Å². The summed E-state index contributed by atoms with van der Waals surface area (Å²) in [6.45, 7) is 5.57. The molecule has 1 atom stereocenters. The topological polar surface area (TPSA) is 70.7 Å². The van der Waals surface area contributed by atoms with Crippen molar-refractivity contribution in [2.45, 2.75) is 31.5 Å². The molecule has 1 aromatic carbocycles. The molecule has 1 N–H and O–H groups in total. The van der Waals surface area contributed by atoms with Crippen molar-refractivity contribution in [2.24, 2.45) is 5.92 Å². The third kappa shape index (κ3) is 4.40. The Morgan fingerprint density at radius 3 is 2.71 bits per heavy atom. The Labute approximate surface area is 154 Å². The second-order valence-electron chi connectivity index (χ2n) is 5.86. The highest BCUT2D eigenvalue weighted by Crippen LogP contribution is 2.22. The highest BCUT2D eigenvalue weighted by molar-refractivity contribution is 9.10. The first-order valence-electron chi connectivity index (χ1n) is 7.50. The predicted molar refractivity (Wildman–Crippen MR) is 99.0 cm³/mol. The van der Waals surface area contributed by atoms with E-state index < -0.39 is 5.54 Å². The van der Waals surface area contributed by atoms with Gasteiger partial charge < -0.3 is 5.32 Å². The zero-order valence-electron chi connectivity index (χ0n) is 13.8. The lowest BCUT2D eigenvalue weighted by atomic mass is 9.90. The summed E-state index contributed by atoms with van der Waals surface area (Å²) in [5.41, 5.74) is 0.112. The van der Waals surface area contributed by atoms with Crippen molar-refractivity contribution >= 4 is 33.6 Å². The quantitative estimate of drug-likeness (QED) is 0.740. The monoisotopic (exact) mass is 406 g/mol. The number of imidazole rings is 1. The Morgan fingerprint density at radius 2 is 2.12 bits per heavy atom. The number of hydrogen-bond donors (Lipinski definition) is 1. The molecule has 0 bridgehead atoms. The van der Waals surface area contributed by atoms with Crippen LogP contribution in [0.3, 0.4) is 0 Å². The number of hydrogen-bond acceptors (Lipinski definition) is 4. The van der Waals surface area contributed by atoms with E-state index in [1.54, 1.807) is 13.1 Å². The Hall–Kier alpha value is -1.78. The molecule has 0 aliphatic rings. The van der Waals surface area contributed by atoms with E-state index >= 15 is 0 Å². The summed E-state index contributed by atoms with van der Waals surface area (Å²) < 4.78 is 2.93. The van der Waals surface area contributed by atoms with Crippen LogP contribution in [0.1, 0.15) is 20.8 Å². The summed E-state index contributed by atoms with van der Waals surface area (Å²) in [5.74, 6) is 0.0571. The van der Waals surface area contributed by atoms with Crippen LogP contribution in [-0.2, 0) is 4.79 Å². The SMILES string of the molecule is CC(C)C(C)(C#N)NC(=O)CSc1nccn1-c1ccc(Br)cc1. The molecule has 7 heteroatoms. The van der Waals surface area contributed by atoms with Crippen LogP contribution >= 0.6 is 27.7 Å². The maximum absolute atomic E-state index is 12.2. The highest BCUT2D eigenvalue weighted by atomic mass is 79.9. The van der Waals surface area contributed by atoms with Crippen molar-refractivity contribution in [3.8, 4) is 11.8 Å². The average Bonchev–Trinajstić information content (AvgIpc) is 3.02. The van der Waals surface area contributed by atoms with Crippen molar-refractivity contribution in [3.63, 3.8) is 0 Å². The number of nitrogens with zero attached hydrogens (tertiary/aromatic N) is 3. The third-order valence-electron chi connectivity index (χ3n) is 3.83. The number of carbonyl (C=O) groups is 1. The van der Waals surface area contributed by atoms with Gasteiger partial charge in [-0.1, -0.05) is 41.5 Å². The van der Waals surface area contributed by atoms with Crippen LogP contribution in [-0.4, -0.2) is 26.8 Å². The second kappa shape index (κ2) is 7.86. The van der Waals surface area contributed by atoms with Crippen LogP contribution in [0.4, 0.5) is 0 Å². The summed E-state index contributed by atoms with van der Waals surface area (Å²) in [6.07, 6.45) is 3.56. The lowest BCUT2D eigenvalue weighted by Crippen LogP contribution is -2.49. The van der Waals surface area contributed by atoms with E-state index in [1.807, 2.05) is 48.9 Å². The summed E-state index contributed by atoms with van der Waals surface area (Å²) in [4.78, 5) is 16.5. The molecular weight excluding hydrogens is 388 g/mol. The van der Waals surface area contributed by atoms with Gasteiger partial charge in [-0.05, 0) is 37.1 Å². The number of halogens is 1. The van der Waals surface area contributed by atoms with Gasteiger partial charge in [0, 0.05) is 22.6 Å². The van der Waals surface area contributed by atoms with Crippen LogP contribution in [0.15, 0.2) is 46.3 Å². The molecule has 126 valence electrons. The largest absolute Gasteiger partial charge is 0.337 e. The summed E-state index contributed by atoms with van der Waals surface area (Å²) >= 11 is 4.76. The number of thioether (sulfide) groups is 1. The van der Waals surface area contributed by atoms with Gasteiger partial charge in [-0.2, -0.15) is 5.26 Å². The summed E-state index contributed by atoms with van der Waals surface area (Å²) in [5, 5.41) is 12.8. The lowest BCUT2D eigenvalue weighted by Gasteiger charge is -2.27. The van der Waals surface area contributed by atoms with E-state index in [1.165, 1.54) is 11.8 Å². The standard InChI is InChI=1S/C17H19BrN4OS/c1-12(2)17(3,11-19)21-15(23)10-24-16-20-8-9-22(16)14-6-4-13(18)5-7-14/h4-9,12H,10H2,1-3H3,(H,21,23). The number of benzene rings is 1. The van der Waals surface area contributed by atoms with Crippen LogP contribution in [0, 0.1) is 17.2 Å². The first kappa shape index (κ1) is 18.6. The number of carbonyl (C=O) groups excluding carboxylic acids is 1. The first-order valence-corrected chi connectivity index (χ1v) is 9.28. The zero-order valence-corrected chi connectivity index (χ0v) is 16.2. The average molecular weight is 407 g/mol. The first-order chi connectivity index (χ1) is 11.4. The maximum atomic E-state index is 12.2. The van der Waals surface area contributed by atoms with E-state index in [4.69, 9.17) is 0 Å². The molecule has 1 aromatic heterocycles. The normalized spacial score (nSPS) is 13.3. The van der Waals surface area contributed by atoms with Gasteiger partial charge in [-0.3, -0.25) is 9.36 Å². The van der Waals surface area contributed by atoms with Crippen molar-refractivity contribution in [1.29, 1.82) is 5.26 Å². The molecule has 0 saturated heterocycles. The molecule has 0 fully saturated rings. The molecule has 2 rings (SSSR count). The number of nitrogens with one attached hydrogen (secondary N) is 1. The fraction of sp³-hybridized carbons (Fsp3) is 0.353. The van der Waals surface area contributed by atoms with Crippen LogP contribution < -0.4 is 5.32 Å². The van der Waals surface area contributed by atoms with E-state index in [0.29, 0.717) is 0 Å². The molecule has 2 aromatic rings. The number of rotatable bonds is 6. The Bertz CT molecular complexity index is 751. The molecular formula is C17H19BrN4OS. The van der Waals surface area contributed by atoms with Crippen molar-refractivity contribution in [2.75, 3.05) is 5.75 Å². The molecule has 24 heavy (non-hydrogen) atoms. The van der Waals surface area contributed by atoms with E-state index in [9.17, 15) is 10.1 Å². The van der Waals surface area contributed by atoms with Crippen molar-refractivity contribution < 1.29 is 4.79 Å². The Kier molecular flexibility index (Phi) is 6.08. The molecule has 0 saturated carbocycles. The van der Waals surface area contributed by atoms with Crippen LogP contribution in [0.25, 0.3) is 5.69 Å². The number of amides is 1. The van der Waals surface area contributed by atoms with Crippen molar-refractivity contribution in [3.05, 3.63) is 41.1 Å². The molecule has 0 spiro atoms. The molecule has 0 radical (unpaired) electrons. The Balaban J connectivity index is 2.03. The maximum Gasteiger partial charge on any atom is 0.231 e. The minimum atomic E-state index is -0.862. The van der Waals surface area contributed by atoms with Gasteiger partial charge in [0.15, 0.2) is 5.16 Å². The molecule has 1 heterocycles. The smallest absolute Gasteiger partial charge is 0.231 e. The highest BCUT2D eigenvalue weighted by Gasteiger charge is 2.29. The molecule has 0 aliphatic carbocycles. The fourth-order valence-corrected chi connectivity index (χ4v) is 2.99. The number of nitriles is 1. The van der Waals surface area contributed by atoms with Crippen molar-refractivity contribution in [1.82, 2.24) is 14.9 Å². The predicted octanol–water partition coefficient (Wildman–Crippen LogP) is 3.78. The molecule has 1 unspecified atom stereocenters. The van der Waals surface area contributed by atoms with Gasteiger partial charge in [-0.15, -0.1) is 0 Å². The molecule has 5 nitrogen and oxygen atoms in total. The minimum absolute atomic E-state index is 0.0289. The van der Waals surface area contributed by atoms with Gasteiger partial charge in [0.2, 0.25) is 5.91 Å². The van der Waals surface area contributed by atoms with Gasteiger partial charge >= 0.3 is 0 Å². The zero-order chi connectivity index (χ0) is 17.7. The second-order valence-corrected chi connectivity index (χ2v) is 7.72. The lowest BCUT2D eigenvalue weighted by molar-refractivity contribution is -0.120. The minimum Gasteiger partial charge on any atom is -0.337 e. The van der Waals surface area contributed by atoms with Gasteiger partial charge in [-0.25, -0.2) is 4.98 Å². The van der Waals surface area contributed by atoms with Gasteiger partial charge in [0.1, 0.15) is 5.54 Å².